The number of likely N-dealkylation sites (tertiary alicyclic amines) is 1. The number of piperidine rings is 1. The number of nitrogens with zero attached hydrogens (tertiary/aromatic N) is 4. The molecule has 1 atom stereocenters. The summed E-state index contributed by atoms with van der Waals surface area (Å²) in [6.45, 7) is 5.68. The quantitative estimate of drug-likeness (QED) is 0.386. The summed E-state index contributed by atoms with van der Waals surface area (Å²) in [5.41, 5.74) is 2.51. The molecule has 37 heavy (non-hydrogen) atoms. The van der Waals surface area contributed by atoms with Crippen LogP contribution in [0.4, 0.5) is 4.79 Å². The van der Waals surface area contributed by atoms with Crippen molar-refractivity contribution < 1.29 is 9.59 Å². The van der Waals surface area contributed by atoms with Crippen LogP contribution in [0.1, 0.15) is 48.9 Å². The smallest absolute Gasteiger partial charge is 0.309 e. The molecule has 2 saturated heterocycles. The van der Waals surface area contributed by atoms with E-state index in [4.69, 9.17) is 0 Å². The SMILES string of the molecule is C[C@H](CCN1CCC2(CC1)C(=O)N(Cc1ccccn1)C(=O)N2CCc1ccccc1)c1ccccc1. The van der Waals surface area contributed by atoms with Crippen molar-refractivity contribution in [3.63, 3.8) is 0 Å². The van der Waals surface area contributed by atoms with Crippen LogP contribution in [-0.2, 0) is 17.8 Å². The minimum atomic E-state index is -0.762. The summed E-state index contributed by atoms with van der Waals surface area (Å²) in [4.78, 5) is 37.7. The molecule has 0 saturated carbocycles. The highest BCUT2D eigenvalue weighted by Crippen LogP contribution is 2.38. The van der Waals surface area contributed by atoms with E-state index in [0.29, 0.717) is 25.3 Å². The molecule has 2 aliphatic rings. The summed E-state index contributed by atoms with van der Waals surface area (Å²) in [7, 11) is 0. The molecule has 0 aliphatic carbocycles. The number of carbonyl (C=O) groups excluding carboxylic acids is 2. The zero-order chi connectivity index (χ0) is 25.7. The molecule has 5 rings (SSSR count). The normalized spacial score (nSPS) is 18.5. The molecule has 0 unspecified atom stereocenters. The van der Waals surface area contributed by atoms with Crippen LogP contribution in [0.3, 0.4) is 0 Å². The van der Waals surface area contributed by atoms with Crippen LogP contribution in [0, 0.1) is 0 Å². The Labute approximate surface area is 219 Å². The van der Waals surface area contributed by atoms with Crippen molar-refractivity contribution in [2.75, 3.05) is 26.2 Å². The first-order valence-electron chi connectivity index (χ1n) is 13.4. The number of rotatable bonds is 9. The van der Waals surface area contributed by atoms with Gasteiger partial charge in [-0.05, 0) is 61.4 Å². The Morgan fingerprint density at radius 1 is 0.865 bits per heavy atom. The molecule has 2 aromatic carbocycles. The van der Waals surface area contributed by atoms with Crippen LogP contribution in [0.15, 0.2) is 85.1 Å². The van der Waals surface area contributed by atoms with E-state index in [9.17, 15) is 9.59 Å². The maximum Gasteiger partial charge on any atom is 0.328 e. The lowest BCUT2D eigenvalue weighted by Crippen LogP contribution is -2.57. The van der Waals surface area contributed by atoms with E-state index in [1.54, 1.807) is 6.20 Å². The largest absolute Gasteiger partial charge is 0.328 e. The number of benzene rings is 2. The van der Waals surface area contributed by atoms with Crippen LogP contribution in [-0.4, -0.2) is 63.3 Å². The average Bonchev–Trinajstić information content (AvgIpc) is 3.13. The zero-order valence-electron chi connectivity index (χ0n) is 21.6. The third-order valence-corrected chi connectivity index (χ3v) is 8.07. The Bertz CT molecular complexity index is 1180. The fraction of sp³-hybridized carbons (Fsp3) is 0.387. The van der Waals surface area contributed by atoms with E-state index in [1.807, 2.05) is 41.3 Å². The van der Waals surface area contributed by atoms with Gasteiger partial charge in [-0.25, -0.2) is 4.79 Å². The Morgan fingerprint density at radius 3 is 2.22 bits per heavy atom. The van der Waals surface area contributed by atoms with Crippen molar-refractivity contribution in [2.45, 2.75) is 50.6 Å². The van der Waals surface area contributed by atoms with Gasteiger partial charge in [0.1, 0.15) is 5.54 Å². The highest BCUT2D eigenvalue weighted by Gasteiger charge is 2.57. The first kappa shape index (κ1) is 25.2. The van der Waals surface area contributed by atoms with Gasteiger partial charge in [0.2, 0.25) is 0 Å². The van der Waals surface area contributed by atoms with E-state index < -0.39 is 5.54 Å². The second-order valence-electron chi connectivity index (χ2n) is 10.4. The van der Waals surface area contributed by atoms with Gasteiger partial charge in [0.05, 0.1) is 12.2 Å². The average molecular weight is 497 g/mol. The van der Waals surface area contributed by atoms with Crippen LogP contribution >= 0.6 is 0 Å². The lowest BCUT2D eigenvalue weighted by atomic mass is 9.85. The Hall–Kier alpha value is -3.51. The summed E-state index contributed by atoms with van der Waals surface area (Å²) in [6, 6.07) is 26.3. The van der Waals surface area contributed by atoms with Gasteiger partial charge >= 0.3 is 6.03 Å². The second kappa shape index (κ2) is 11.3. The van der Waals surface area contributed by atoms with Crippen molar-refractivity contribution in [3.05, 3.63) is 102 Å². The third-order valence-electron chi connectivity index (χ3n) is 8.07. The van der Waals surface area contributed by atoms with Crippen molar-refractivity contribution in [1.29, 1.82) is 0 Å². The molecule has 2 fully saturated rings. The number of carbonyl (C=O) groups is 2. The molecule has 1 spiro atoms. The van der Waals surface area contributed by atoms with Gasteiger partial charge in [-0.1, -0.05) is 73.7 Å². The first-order chi connectivity index (χ1) is 18.1. The van der Waals surface area contributed by atoms with Crippen LogP contribution in [0.25, 0.3) is 0 Å². The number of aromatic nitrogens is 1. The van der Waals surface area contributed by atoms with E-state index >= 15 is 0 Å². The van der Waals surface area contributed by atoms with Gasteiger partial charge in [-0.2, -0.15) is 0 Å². The Morgan fingerprint density at radius 2 is 1.54 bits per heavy atom. The van der Waals surface area contributed by atoms with Gasteiger partial charge < -0.3 is 9.80 Å². The molecule has 0 radical (unpaired) electrons. The number of pyridine rings is 1. The summed E-state index contributed by atoms with van der Waals surface area (Å²) in [5, 5.41) is 0. The molecule has 2 aliphatic heterocycles. The number of urea groups is 1. The van der Waals surface area contributed by atoms with Crippen LogP contribution in [0.5, 0.6) is 0 Å². The molecule has 3 amide bonds. The molecular weight excluding hydrogens is 460 g/mol. The van der Waals surface area contributed by atoms with Crippen LogP contribution in [0.2, 0.25) is 0 Å². The highest BCUT2D eigenvalue weighted by atomic mass is 16.2. The Balaban J connectivity index is 1.28. The molecule has 6 nitrogen and oxygen atoms in total. The summed E-state index contributed by atoms with van der Waals surface area (Å²) < 4.78 is 0. The monoisotopic (exact) mass is 496 g/mol. The molecule has 0 N–H and O–H groups in total. The molecule has 6 heteroatoms. The minimum Gasteiger partial charge on any atom is -0.309 e. The van der Waals surface area contributed by atoms with E-state index in [-0.39, 0.29) is 18.5 Å². The number of hydrogen-bond acceptors (Lipinski definition) is 4. The van der Waals surface area contributed by atoms with E-state index in [0.717, 1.165) is 38.2 Å². The molecule has 192 valence electrons. The van der Waals surface area contributed by atoms with Gasteiger partial charge in [0.15, 0.2) is 0 Å². The van der Waals surface area contributed by atoms with Crippen molar-refractivity contribution in [2.24, 2.45) is 0 Å². The summed E-state index contributed by atoms with van der Waals surface area (Å²) >= 11 is 0. The number of hydrogen-bond donors (Lipinski definition) is 0. The standard InChI is InChI=1S/C31H36N4O2/c1-25(27-12-6-3-7-13-27)15-20-33-22-17-31(18-23-33)29(36)34(24-28-14-8-9-19-32-28)30(37)35(31)21-16-26-10-4-2-5-11-26/h2-14,19,25H,15-18,20-24H2,1H3/t25-/m1/s1. The van der Waals surface area contributed by atoms with E-state index in [1.165, 1.54) is 16.0 Å². The molecule has 0 bridgehead atoms. The Kier molecular flexibility index (Phi) is 7.65. The second-order valence-corrected chi connectivity index (χ2v) is 10.4. The summed E-state index contributed by atoms with van der Waals surface area (Å²) in [5.74, 6) is 0.427. The van der Waals surface area contributed by atoms with E-state index in [2.05, 4.69) is 59.3 Å². The van der Waals surface area contributed by atoms with Crippen molar-refractivity contribution >= 4 is 11.9 Å². The molecule has 3 aromatic rings. The molecule has 1 aromatic heterocycles. The zero-order valence-corrected chi connectivity index (χ0v) is 21.6. The predicted molar refractivity (Wildman–Crippen MR) is 145 cm³/mol. The predicted octanol–water partition coefficient (Wildman–Crippen LogP) is 5.12. The third kappa shape index (κ3) is 5.44. The number of imide groups is 1. The molecular formula is C31H36N4O2. The number of amides is 3. The molecule has 3 heterocycles. The fourth-order valence-electron chi connectivity index (χ4n) is 5.73. The van der Waals surface area contributed by atoms with Gasteiger partial charge in [0, 0.05) is 25.8 Å². The van der Waals surface area contributed by atoms with Crippen molar-refractivity contribution in [3.8, 4) is 0 Å². The maximum absolute atomic E-state index is 13.9. The van der Waals surface area contributed by atoms with Crippen LogP contribution < -0.4 is 0 Å². The van der Waals surface area contributed by atoms with Gasteiger partial charge in [-0.3, -0.25) is 14.7 Å². The maximum atomic E-state index is 13.9. The minimum absolute atomic E-state index is 0.0616. The first-order valence-corrected chi connectivity index (χ1v) is 13.4. The van der Waals surface area contributed by atoms with Crippen molar-refractivity contribution in [1.82, 2.24) is 19.7 Å². The fourth-order valence-corrected chi connectivity index (χ4v) is 5.73. The lowest BCUT2D eigenvalue weighted by molar-refractivity contribution is -0.136. The lowest BCUT2D eigenvalue weighted by Gasteiger charge is -2.42. The summed E-state index contributed by atoms with van der Waals surface area (Å²) in [6.07, 6.45) is 4.86. The topological polar surface area (TPSA) is 56.8 Å². The highest BCUT2D eigenvalue weighted by molar-refractivity contribution is 6.07. The van der Waals surface area contributed by atoms with Gasteiger partial charge in [0.25, 0.3) is 5.91 Å². The van der Waals surface area contributed by atoms with Gasteiger partial charge in [-0.15, -0.1) is 0 Å².